The summed E-state index contributed by atoms with van der Waals surface area (Å²) in [6.45, 7) is 7.75. The third-order valence-corrected chi connectivity index (χ3v) is 2.07. The molecule has 4 nitrogen and oxygen atoms in total. The molecule has 0 aromatic carbocycles. The standard InChI is InChI=1S/C7H13NO2.C4H11N/c1-8-4-2-6(3-5-8)7(9)10;1-4(2,3)5/h6H,2-5H2,1H3,(H,9,10);5H2,1-3H3. The zero-order valence-electron chi connectivity index (χ0n) is 10.3. The summed E-state index contributed by atoms with van der Waals surface area (Å²) in [5.74, 6) is -0.718. The summed E-state index contributed by atoms with van der Waals surface area (Å²) < 4.78 is 0. The molecule has 1 saturated heterocycles. The first-order valence-electron chi connectivity index (χ1n) is 5.40. The zero-order chi connectivity index (χ0) is 12.1. The fraction of sp³-hybridized carbons (Fsp3) is 0.909. The lowest BCUT2D eigenvalue weighted by Crippen LogP contribution is -2.33. The van der Waals surface area contributed by atoms with Crippen LogP contribution in [-0.4, -0.2) is 41.7 Å². The van der Waals surface area contributed by atoms with E-state index in [2.05, 4.69) is 4.90 Å². The van der Waals surface area contributed by atoms with E-state index in [9.17, 15) is 4.79 Å². The van der Waals surface area contributed by atoms with Gasteiger partial charge >= 0.3 is 5.97 Å². The van der Waals surface area contributed by atoms with Crippen molar-refractivity contribution < 1.29 is 9.90 Å². The maximum absolute atomic E-state index is 10.4. The second kappa shape index (κ2) is 6.08. The first-order valence-corrected chi connectivity index (χ1v) is 5.40. The number of nitrogens with two attached hydrogens (primary N) is 1. The van der Waals surface area contributed by atoms with Gasteiger partial charge in [0.15, 0.2) is 0 Å². The van der Waals surface area contributed by atoms with Gasteiger partial charge < -0.3 is 15.7 Å². The van der Waals surface area contributed by atoms with Crippen LogP contribution in [0.1, 0.15) is 33.6 Å². The molecular formula is C11H24N2O2. The van der Waals surface area contributed by atoms with Crippen molar-refractivity contribution in [2.45, 2.75) is 39.2 Å². The number of nitrogens with zero attached hydrogens (tertiary/aromatic N) is 1. The van der Waals surface area contributed by atoms with Crippen molar-refractivity contribution >= 4 is 5.97 Å². The zero-order valence-corrected chi connectivity index (χ0v) is 10.3. The monoisotopic (exact) mass is 216 g/mol. The van der Waals surface area contributed by atoms with E-state index in [1.807, 2.05) is 27.8 Å². The van der Waals surface area contributed by atoms with Crippen LogP contribution in [-0.2, 0) is 4.79 Å². The van der Waals surface area contributed by atoms with Gasteiger partial charge in [0.25, 0.3) is 0 Å². The van der Waals surface area contributed by atoms with Crippen LogP contribution >= 0.6 is 0 Å². The van der Waals surface area contributed by atoms with Crippen LogP contribution in [0.4, 0.5) is 0 Å². The van der Waals surface area contributed by atoms with Gasteiger partial charge in [0.05, 0.1) is 5.92 Å². The first-order chi connectivity index (χ1) is 6.70. The van der Waals surface area contributed by atoms with E-state index in [-0.39, 0.29) is 11.5 Å². The van der Waals surface area contributed by atoms with Crippen molar-refractivity contribution in [2.24, 2.45) is 11.7 Å². The Hall–Kier alpha value is -0.610. The molecule has 0 bridgehead atoms. The number of likely N-dealkylation sites (tertiary alicyclic amines) is 1. The number of hydrogen-bond acceptors (Lipinski definition) is 3. The first kappa shape index (κ1) is 14.4. The van der Waals surface area contributed by atoms with Crippen LogP contribution < -0.4 is 5.73 Å². The average molecular weight is 216 g/mol. The number of aliphatic carboxylic acids is 1. The molecule has 1 aliphatic rings. The van der Waals surface area contributed by atoms with Crippen molar-refractivity contribution in [1.82, 2.24) is 4.90 Å². The molecule has 0 saturated carbocycles. The predicted octanol–water partition coefficient (Wildman–Crippen LogP) is 1.16. The molecule has 0 aromatic rings. The summed E-state index contributed by atoms with van der Waals surface area (Å²) in [7, 11) is 2.03. The summed E-state index contributed by atoms with van der Waals surface area (Å²) in [5.41, 5.74) is 5.35. The average Bonchev–Trinajstić information content (AvgIpc) is 2.01. The van der Waals surface area contributed by atoms with Gasteiger partial charge in [0.2, 0.25) is 0 Å². The quantitative estimate of drug-likeness (QED) is 0.690. The van der Waals surface area contributed by atoms with Gasteiger partial charge in [-0.3, -0.25) is 4.79 Å². The SMILES string of the molecule is CC(C)(C)N.CN1CCC(C(=O)O)CC1. The molecule has 0 radical (unpaired) electrons. The van der Waals surface area contributed by atoms with Gasteiger partial charge in [0, 0.05) is 5.54 Å². The molecule has 15 heavy (non-hydrogen) atoms. The van der Waals surface area contributed by atoms with Crippen LogP contribution in [0.3, 0.4) is 0 Å². The maximum Gasteiger partial charge on any atom is 0.306 e. The number of rotatable bonds is 1. The highest BCUT2D eigenvalue weighted by Gasteiger charge is 2.21. The second-order valence-electron chi connectivity index (χ2n) is 5.28. The lowest BCUT2D eigenvalue weighted by molar-refractivity contribution is -0.143. The molecule has 0 aromatic heterocycles. The molecule has 1 aliphatic heterocycles. The van der Waals surface area contributed by atoms with Crippen molar-refractivity contribution in [2.75, 3.05) is 20.1 Å². The minimum atomic E-state index is -0.631. The van der Waals surface area contributed by atoms with Crippen LogP contribution in [0.25, 0.3) is 0 Å². The summed E-state index contributed by atoms with van der Waals surface area (Å²) in [5, 5.41) is 8.61. The predicted molar refractivity (Wildman–Crippen MR) is 61.8 cm³/mol. The molecule has 90 valence electrons. The van der Waals surface area contributed by atoms with E-state index < -0.39 is 5.97 Å². The van der Waals surface area contributed by atoms with Crippen LogP contribution in [0, 0.1) is 5.92 Å². The van der Waals surface area contributed by atoms with E-state index in [1.54, 1.807) is 0 Å². The number of piperidine rings is 1. The van der Waals surface area contributed by atoms with E-state index >= 15 is 0 Å². The minimum Gasteiger partial charge on any atom is -0.481 e. The van der Waals surface area contributed by atoms with Crippen molar-refractivity contribution in [3.8, 4) is 0 Å². The Labute approximate surface area is 92.4 Å². The third kappa shape index (κ3) is 9.69. The van der Waals surface area contributed by atoms with Gasteiger partial charge in [-0.15, -0.1) is 0 Å². The van der Waals surface area contributed by atoms with Gasteiger partial charge in [-0.25, -0.2) is 0 Å². The lowest BCUT2D eigenvalue weighted by Gasteiger charge is -2.25. The Morgan fingerprint density at radius 3 is 1.93 bits per heavy atom. The highest BCUT2D eigenvalue weighted by molar-refractivity contribution is 5.70. The second-order valence-corrected chi connectivity index (χ2v) is 5.28. The molecule has 1 rings (SSSR count). The number of hydrogen-bond donors (Lipinski definition) is 2. The highest BCUT2D eigenvalue weighted by Crippen LogP contribution is 2.15. The fourth-order valence-electron chi connectivity index (χ4n) is 1.26. The molecule has 0 unspecified atom stereocenters. The van der Waals surface area contributed by atoms with Gasteiger partial charge in [0.1, 0.15) is 0 Å². The van der Waals surface area contributed by atoms with Crippen molar-refractivity contribution in [3.05, 3.63) is 0 Å². The van der Waals surface area contributed by atoms with Crippen LogP contribution in [0.15, 0.2) is 0 Å². The van der Waals surface area contributed by atoms with Gasteiger partial charge in [-0.1, -0.05) is 0 Å². The summed E-state index contributed by atoms with van der Waals surface area (Å²) in [6, 6.07) is 0. The molecule has 0 spiro atoms. The molecular weight excluding hydrogens is 192 g/mol. The lowest BCUT2D eigenvalue weighted by atomic mass is 9.98. The highest BCUT2D eigenvalue weighted by atomic mass is 16.4. The Kier molecular flexibility index (Phi) is 5.83. The third-order valence-electron chi connectivity index (χ3n) is 2.07. The van der Waals surface area contributed by atoms with Crippen LogP contribution in [0.2, 0.25) is 0 Å². The van der Waals surface area contributed by atoms with Crippen molar-refractivity contribution in [1.29, 1.82) is 0 Å². The molecule has 0 atom stereocenters. The maximum atomic E-state index is 10.4. The normalized spacial score (nSPS) is 19.3. The Morgan fingerprint density at radius 2 is 1.67 bits per heavy atom. The van der Waals surface area contributed by atoms with E-state index in [0.717, 1.165) is 25.9 Å². The smallest absolute Gasteiger partial charge is 0.306 e. The van der Waals surface area contributed by atoms with Gasteiger partial charge in [-0.2, -0.15) is 0 Å². The number of carboxylic acid groups (broad SMARTS) is 1. The summed E-state index contributed by atoms with van der Waals surface area (Å²) in [4.78, 5) is 12.6. The van der Waals surface area contributed by atoms with Gasteiger partial charge in [-0.05, 0) is 53.8 Å². The number of carboxylic acids is 1. The molecule has 1 fully saturated rings. The Balaban J connectivity index is 0.000000336. The topological polar surface area (TPSA) is 66.6 Å². The molecule has 1 heterocycles. The Bertz CT molecular complexity index is 185. The summed E-state index contributed by atoms with van der Waals surface area (Å²) >= 11 is 0. The molecule has 4 heteroatoms. The minimum absolute atomic E-state index is 0. The van der Waals surface area contributed by atoms with Crippen LogP contribution in [0.5, 0.6) is 0 Å². The number of carbonyl (C=O) groups is 1. The largest absolute Gasteiger partial charge is 0.481 e. The van der Waals surface area contributed by atoms with E-state index in [0.29, 0.717) is 0 Å². The molecule has 0 amide bonds. The van der Waals surface area contributed by atoms with Crippen molar-refractivity contribution in [3.63, 3.8) is 0 Å². The fourth-order valence-corrected chi connectivity index (χ4v) is 1.26. The Morgan fingerprint density at radius 1 is 1.33 bits per heavy atom. The molecule has 0 aliphatic carbocycles. The van der Waals surface area contributed by atoms with E-state index in [1.165, 1.54) is 0 Å². The van der Waals surface area contributed by atoms with E-state index in [4.69, 9.17) is 10.8 Å². The molecule has 3 N–H and O–H groups in total. The summed E-state index contributed by atoms with van der Waals surface area (Å²) in [6.07, 6.45) is 1.62.